The van der Waals surface area contributed by atoms with Gasteiger partial charge in [0.05, 0.1) is 18.8 Å². The topological polar surface area (TPSA) is 86.5 Å². The van der Waals surface area contributed by atoms with E-state index in [1.54, 1.807) is 0 Å². The van der Waals surface area contributed by atoms with Gasteiger partial charge in [0.2, 0.25) is 0 Å². The summed E-state index contributed by atoms with van der Waals surface area (Å²) in [5.74, 6) is -4.78. The number of carbonyl (C=O) groups excluding carboxylic acids is 1. The molecule has 0 amide bonds. The Morgan fingerprint density at radius 1 is 1.38 bits per heavy atom. The zero-order valence-electron chi connectivity index (χ0n) is 13.7. The van der Waals surface area contributed by atoms with Gasteiger partial charge in [-0.25, -0.2) is 17.9 Å². The molecule has 1 N–H and O–H groups in total. The van der Waals surface area contributed by atoms with Crippen molar-refractivity contribution in [3.05, 3.63) is 35.8 Å². The predicted octanol–water partition coefficient (Wildman–Crippen LogP) is 1.62. The van der Waals surface area contributed by atoms with E-state index in [0.717, 1.165) is 12.1 Å². The predicted molar refractivity (Wildman–Crippen MR) is 81.4 cm³/mol. The summed E-state index contributed by atoms with van der Waals surface area (Å²) < 4.78 is 52.0. The maximum atomic E-state index is 13.4. The molecule has 1 fully saturated rings. The number of benzene rings is 1. The van der Waals surface area contributed by atoms with Crippen molar-refractivity contribution < 1.29 is 32.5 Å². The second kappa shape index (κ2) is 7.42. The average Bonchev–Trinajstić information content (AvgIpc) is 3.09. The number of rotatable bonds is 4. The van der Waals surface area contributed by atoms with E-state index in [-0.39, 0.29) is 17.9 Å². The first-order valence-corrected chi connectivity index (χ1v) is 7.87. The van der Waals surface area contributed by atoms with Gasteiger partial charge in [-0.15, -0.1) is 5.10 Å². The van der Waals surface area contributed by atoms with Gasteiger partial charge in [-0.2, -0.15) is 0 Å². The molecule has 1 saturated heterocycles. The molecule has 0 spiro atoms. The molecule has 1 aromatic heterocycles. The van der Waals surface area contributed by atoms with Gasteiger partial charge in [0.25, 0.3) is 0 Å². The van der Waals surface area contributed by atoms with Gasteiger partial charge in [-0.3, -0.25) is 4.79 Å². The van der Waals surface area contributed by atoms with Gasteiger partial charge in [0.15, 0.2) is 23.6 Å². The largest absolute Gasteiger partial charge is 0.457 e. The van der Waals surface area contributed by atoms with Crippen molar-refractivity contribution in [1.82, 2.24) is 15.0 Å². The monoisotopic (exact) mass is 371 g/mol. The SMILES string of the molecule is CC(=O)OC1C(CO)OCCC1n1cc(-c2cc(F)c(F)c(F)c2)nn1. The summed E-state index contributed by atoms with van der Waals surface area (Å²) >= 11 is 0. The molecular formula is C16H16F3N3O4. The molecule has 1 aromatic carbocycles. The van der Waals surface area contributed by atoms with E-state index in [1.807, 2.05) is 0 Å². The molecule has 2 heterocycles. The number of aromatic nitrogens is 3. The highest BCUT2D eigenvalue weighted by Crippen LogP contribution is 2.29. The Morgan fingerprint density at radius 3 is 2.69 bits per heavy atom. The van der Waals surface area contributed by atoms with Gasteiger partial charge in [0.1, 0.15) is 11.8 Å². The van der Waals surface area contributed by atoms with Crippen LogP contribution in [0.5, 0.6) is 0 Å². The first-order valence-electron chi connectivity index (χ1n) is 7.87. The molecule has 0 radical (unpaired) electrons. The lowest BCUT2D eigenvalue weighted by atomic mass is 9.99. The van der Waals surface area contributed by atoms with Gasteiger partial charge in [0, 0.05) is 19.1 Å². The summed E-state index contributed by atoms with van der Waals surface area (Å²) in [6.45, 7) is 1.17. The molecule has 1 aliphatic rings. The number of ether oxygens (including phenoxy) is 2. The molecule has 3 unspecified atom stereocenters. The van der Waals surface area contributed by atoms with Crippen LogP contribution in [0.4, 0.5) is 13.2 Å². The number of halogens is 3. The maximum Gasteiger partial charge on any atom is 0.303 e. The Labute approximate surface area is 146 Å². The fourth-order valence-corrected chi connectivity index (χ4v) is 2.91. The zero-order valence-corrected chi connectivity index (χ0v) is 13.7. The molecule has 0 saturated carbocycles. The zero-order chi connectivity index (χ0) is 18.8. The molecule has 7 nitrogen and oxygen atoms in total. The van der Waals surface area contributed by atoms with Gasteiger partial charge >= 0.3 is 5.97 Å². The van der Waals surface area contributed by atoms with Crippen LogP contribution in [0.2, 0.25) is 0 Å². The summed E-state index contributed by atoms with van der Waals surface area (Å²) in [7, 11) is 0. The first-order chi connectivity index (χ1) is 12.4. The third-order valence-corrected chi connectivity index (χ3v) is 4.10. The summed E-state index contributed by atoms with van der Waals surface area (Å²) in [5.41, 5.74) is 0.138. The van der Waals surface area contributed by atoms with E-state index in [0.29, 0.717) is 13.0 Å². The Hall–Kier alpha value is -2.46. The van der Waals surface area contributed by atoms with Crippen LogP contribution in [0.1, 0.15) is 19.4 Å². The number of esters is 1. The van der Waals surface area contributed by atoms with Crippen LogP contribution in [0.25, 0.3) is 11.3 Å². The summed E-state index contributed by atoms with van der Waals surface area (Å²) in [5, 5.41) is 17.2. The second-order valence-corrected chi connectivity index (χ2v) is 5.86. The lowest BCUT2D eigenvalue weighted by Gasteiger charge is -2.36. The van der Waals surface area contributed by atoms with E-state index in [4.69, 9.17) is 9.47 Å². The van der Waals surface area contributed by atoms with Crippen LogP contribution in [0.15, 0.2) is 18.3 Å². The minimum atomic E-state index is -1.56. The summed E-state index contributed by atoms with van der Waals surface area (Å²) in [6, 6.07) is 1.15. The van der Waals surface area contributed by atoms with E-state index in [9.17, 15) is 23.1 Å². The van der Waals surface area contributed by atoms with E-state index < -0.39 is 41.7 Å². The highest BCUT2D eigenvalue weighted by molar-refractivity contribution is 5.66. The van der Waals surface area contributed by atoms with Crippen molar-refractivity contribution >= 4 is 5.97 Å². The van der Waals surface area contributed by atoms with E-state index >= 15 is 0 Å². The number of aliphatic hydroxyl groups excluding tert-OH is 1. The van der Waals surface area contributed by atoms with Crippen LogP contribution in [-0.4, -0.2) is 51.5 Å². The van der Waals surface area contributed by atoms with Crippen molar-refractivity contribution in [2.24, 2.45) is 0 Å². The number of hydrogen-bond donors (Lipinski definition) is 1. The maximum absolute atomic E-state index is 13.4. The molecule has 26 heavy (non-hydrogen) atoms. The highest BCUT2D eigenvalue weighted by atomic mass is 19.2. The van der Waals surface area contributed by atoms with Crippen molar-refractivity contribution in [3.63, 3.8) is 0 Å². The van der Waals surface area contributed by atoms with Crippen molar-refractivity contribution in [2.75, 3.05) is 13.2 Å². The number of carbonyl (C=O) groups is 1. The van der Waals surface area contributed by atoms with Crippen LogP contribution < -0.4 is 0 Å². The highest BCUT2D eigenvalue weighted by Gasteiger charge is 2.38. The number of hydrogen-bond acceptors (Lipinski definition) is 6. The van der Waals surface area contributed by atoms with Crippen LogP contribution in [0, 0.1) is 17.5 Å². The van der Waals surface area contributed by atoms with Crippen LogP contribution in [0.3, 0.4) is 0 Å². The normalized spacial score (nSPS) is 23.0. The molecule has 0 aliphatic carbocycles. The minimum Gasteiger partial charge on any atom is -0.457 e. The molecule has 10 heteroatoms. The Balaban J connectivity index is 1.91. The summed E-state index contributed by atoms with van der Waals surface area (Å²) in [6.07, 6.45) is 0.296. The van der Waals surface area contributed by atoms with Crippen LogP contribution in [-0.2, 0) is 14.3 Å². The third-order valence-electron chi connectivity index (χ3n) is 4.10. The lowest BCUT2D eigenvalue weighted by molar-refractivity contribution is -0.173. The Morgan fingerprint density at radius 2 is 2.08 bits per heavy atom. The molecular weight excluding hydrogens is 355 g/mol. The summed E-state index contributed by atoms with van der Waals surface area (Å²) in [4.78, 5) is 11.4. The Bertz CT molecular complexity index is 791. The average molecular weight is 371 g/mol. The fourth-order valence-electron chi connectivity index (χ4n) is 2.91. The standard InChI is InChI=1S/C16H16F3N3O4/c1-8(24)26-16-13(2-3-25-14(16)7-23)22-6-12(20-21-22)9-4-10(17)15(19)11(18)5-9/h4-6,13-14,16,23H,2-3,7H2,1H3. The quantitative estimate of drug-likeness (QED) is 0.649. The fraction of sp³-hybridized carbons (Fsp3) is 0.438. The molecule has 140 valence electrons. The number of nitrogens with zero attached hydrogens (tertiary/aromatic N) is 3. The lowest BCUT2D eigenvalue weighted by Crippen LogP contribution is -2.46. The van der Waals surface area contributed by atoms with E-state index in [1.165, 1.54) is 17.8 Å². The minimum absolute atomic E-state index is 0.0162. The molecule has 3 rings (SSSR count). The van der Waals surface area contributed by atoms with E-state index in [2.05, 4.69) is 10.3 Å². The second-order valence-electron chi connectivity index (χ2n) is 5.86. The van der Waals surface area contributed by atoms with Gasteiger partial charge in [-0.1, -0.05) is 5.21 Å². The molecule has 2 aromatic rings. The van der Waals surface area contributed by atoms with Gasteiger partial charge < -0.3 is 14.6 Å². The van der Waals surface area contributed by atoms with Crippen LogP contribution >= 0.6 is 0 Å². The molecule has 0 bridgehead atoms. The first kappa shape index (κ1) is 18.3. The van der Waals surface area contributed by atoms with Crippen molar-refractivity contribution in [2.45, 2.75) is 31.6 Å². The van der Waals surface area contributed by atoms with Gasteiger partial charge in [-0.05, 0) is 18.6 Å². The molecule has 1 aliphatic heterocycles. The smallest absolute Gasteiger partial charge is 0.303 e. The third kappa shape index (κ3) is 3.56. The Kier molecular flexibility index (Phi) is 5.23. The molecule has 3 atom stereocenters. The van der Waals surface area contributed by atoms with Crippen molar-refractivity contribution in [1.29, 1.82) is 0 Å². The number of aliphatic hydroxyl groups is 1. The van der Waals surface area contributed by atoms with Crippen molar-refractivity contribution in [3.8, 4) is 11.3 Å².